The fourth-order valence-corrected chi connectivity index (χ4v) is 4.41. The van der Waals surface area contributed by atoms with Crippen molar-refractivity contribution in [2.45, 2.75) is 63.7 Å². The minimum Gasteiger partial charge on any atom is -0.341 e. The van der Waals surface area contributed by atoms with E-state index < -0.39 is 0 Å². The highest BCUT2D eigenvalue weighted by Crippen LogP contribution is 2.50. The molecule has 3 aliphatic rings. The standard InChI is InChI=1S/C17H25N3O2/c1-11(2)14-18-16(19-22-14)17-8-4-7-13(17)9-20(10-17)15(21)12-5-3-6-12/h11-13H,3-10H2,1-2H3/t13-,17-/m1/s1. The lowest BCUT2D eigenvalue weighted by Crippen LogP contribution is -2.40. The van der Waals surface area contributed by atoms with Gasteiger partial charge in [-0.15, -0.1) is 0 Å². The molecule has 22 heavy (non-hydrogen) atoms. The minimum atomic E-state index is -0.0456. The first-order valence-electron chi connectivity index (χ1n) is 8.73. The zero-order valence-corrected chi connectivity index (χ0v) is 13.5. The van der Waals surface area contributed by atoms with E-state index in [0.29, 0.717) is 11.8 Å². The van der Waals surface area contributed by atoms with E-state index in [1.54, 1.807) is 0 Å². The van der Waals surface area contributed by atoms with Gasteiger partial charge in [0.15, 0.2) is 5.82 Å². The molecule has 0 radical (unpaired) electrons. The van der Waals surface area contributed by atoms with E-state index in [9.17, 15) is 4.79 Å². The van der Waals surface area contributed by atoms with Crippen LogP contribution in [0, 0.1) is 11.8 Å². The molecule has 2 atom stereocenters. The van der Waals surface area contributed by atoms with Crippen LogP contribution in [-0.4, -0.2) is 34.0 Å². The molecular formula is C17H25N3O2. The second kappa shape index (κ2) is 5.07. The molecule has 1 aliphatic heterocycles. The predicted molar refractivity (Wildman–Crippen MR) is 81.3 cm³/mol. The average Bonchev–Trinajstić information content (AvgIpc) is 3.09. The molecule has 2 aliphatic carbocycles. The number of likely N-dealkylation sites (tertiary alicyclic amines) is 1. The summed E-state index contributed by atoms with van der Waals surface area (Å²) in [5.74, 6) is 2.99. The number of carbonyl (C=O) groups excluding carboxylic acids is 1. The van der Waals surface area contributed by atoms with Gasteiger partial charge >= 0.3 is 0 Å². The van der Waals surface area contributed by atoms with Crippen molar-refractivity contribution in [2.75, 3.05) is 13.1 Å². The maximum Gasteiger partial charge on any atom is 0.229 e. The Bertz CT molecular complexity index is 578. The van der Waals surface area contributed by atoms with Gasteiger partial charge in [-0.1, -0.05) is 31.8 Å². The van der Waals surface area contributed by atoms with Gasteiger partial charge in [0.05, 0.1) is 5.41 Å². The Morgan fingerprint density at radius 1 is 1.32 bits per heavy atom. The van der Waals surface area contributed by atoms with E-state index in [0.717, 1.165) is 44.1 Å². The molecule has 5 nitrogen and oxygen atoms in total. The van der Waals surface area contributed by atoms with Gasteiger partial charge in [0.1, 0.15) is 0 Å². The van der Waals surface area contributed by atoms with E-state index in [4.69, 9.17) is 4.52 Å². The molecule has 2 saturated carbocycles. The van der Waals surface area contributed by atoms with Crippen molar-refractivity contribution in [3.05, 3.63) is 11.7 Å². The van der Waals surface area contributed by atoms with Crippen LogP contribution in [0.3, 0.4) is 0 Å². The number of hydrogen-bond acceptors (Lipinski definition) is 4. The van der Waals surface area contributed by atoms with E-state index >= 15 is 0 Å². The van der Waals surface area contributed by atoms with E-state index in [1.807, 2.05) is 0 Å². The normalized spacial score (nSPS) is 31.6. The van der Waals surface area contributed by atoms with Gasteiger partial charge in [-0.25, -0.2) is 0 Å². The summed E-state index contributed by atoms with van der Waals surface area (Å²) < 4.78 is 5.45. The van der Waals surface area contributed by atoms with Crippen LogP contribution in [0.25, 0.3) is 0 Å². The number of rotatable bonds is 3. The van der Waals surface area contributed by atoms with Crippen molar-refractivity contribution in [3.8, 4) is 0 Å². The van der Waals surface area contributed by atoms with Gasteiger partial charge in [0.2, 0.25) is 11.8 Å². The molecule has 0 unspecified atom stereocenters. The molecule has 1 amide bonds. The van der Waals surface area contributed by atoms with Crippen LogP contribution in [0.5, 0.6) is 0 Å². The highest BCUT2D eigenvalue weighted by molar-refractivity contribution is 5.80. The predicted octanol–water partition coefficient (Wildman–Crippen LogP) is 2.87. The fraction of sp³-hybridized carbons (Fsp3) is 0.824. The number of hydrogen-bond donors (Lipinski definition) is 0. The van der Waals surface area contributed by atoms with Gasteiger partial charge in [-0.05, 0) is 31.6 Å². The molecule has 5 heteroatoms. The monoisotopic (exact) mass is 303 g/mol. The summed E-state index contributed by atoms with van der Waals surface area (Å²) in [6.07, 6.45) is 6.84. The summed E-state index contributed by atoms with van der Waals surface area (Å²) in [5, 5.41) is 4.30. The van der Waals surface area contributed by atoms with Crippen LogP contribution in [-0.2, 0) is 10.2 Å². The van der Waals surface area contributed by atoms with Crippen molar-refractivity contribution in [1.29, 1.82) is 0 Å². The quantitative estimate of drug-likeness (QED) is 0.861. The summed E-state index contributed by atoms with van der Waals surface area (Å²) in [4.78, 5) is 19.4. The summed E-state index contributed by atoms with van der Waals surface area (Å²) in [6.45, 7) is 5.83. The lowest BCUT2D eigenvalue weighted by molar-refractivity contribution is -0.137. The van der Waals surface area contributed by atoms with Gasteiger partial charge in [-0.2, -0.15) is 4.98 Å². The highest BCUT2D eigenvalue weighted by atomic mass is 16.5. The molecule has 1 aromatic rings. The van der Waals surface area contributed by atoms with Crippen molar-refractivity contribution in [1.82, 2.24) is 15.0 Å². The third-order valence-electron chi connectivity index (χ3n) is 6.02. The smallest absolute Gasteiger partial charge is 0.229 e. The van der Waals surface area contributed by atoms with Crippen LogP contribution in [0.1, 0.15) is 70.0 Å². The van der Waals surface area contributed by atoms with Crippen LogP contribution >= 0.6 is 0 Å². The van der Waals surface area contributed by atoms with Crippen LogP contribution in [0.2, 0.25) is 0 Å². The third kappa shape index (κ3) is 2.01. The van der Waals surface area contributed by atoms with Gasteiger partial charge in [0, 0.05) is 24.9 Å². The number of amides is 1. The fourth-order valence-electron chi connectivity index (χ4n) is 4.41. The second-order valence-electron chi connectivity index (χ2n) is 7.70. The first-order chi connectivity index (χ1) is 10.6. The van der Waals surface area contributed by atoms with Crippen LogP contribution < -0.4 is 0 Å². The molecule has 3 fully saturated rings. The van der Waals surface area contributed by atoms with Gasteiger partial charge in [-0.3, -0.25) is 4.79 Å². The Labute approximate surface area is 131 Å². The Morgan fingerprint density at radius 2 is 2.14 bits per heavy atom. The van der Waals surface area contributed by atoms with Crippen molar-refractivity contribution in [3.63, 3.8) is 0 Å². The van der Waals surface area contributed by atoms with Crippen molar-refractivity contribution in [2.24, 2.45) is 11.8 Å². The molecule has 0 N–H and O–H groups in total. The molecule has 1 aromatic heterocycles. The average molecular weight is 303 g/mol. The molecular weight excluding hydrogens is 278 g/mol. The molecule has 2 heterocycles. The summed E-state index contributed by atoms with van der Waals surface area (Å²) in [7, 11) is 0. The molecule has 120 valence electrons. The SMILES string of the molecule is CC(C)c1nc([C@@]23CCC[C@@H]2CN(C(=O)C2CCC2)C3)no1. The summed E-state index contributed by atoms with van der Waals surface area (Å²) in [6, 6.07) is 0. The Hall–Kier alpha value is -1.39. The first kappa shape index (κ1) is 14.2. The second-order valence-corrected chi connectivity index (χ2v) is 7.70. The molecule has 0 bridgehead atoms. The van der Waals surface area contributed by atoms with Crippen LogP contribution in [0.15, 0.2) is 4.52 Å². The zero-order valence-electron chi connectivity index (χ0n) is 13.5. The maximum absolute atomic E-state index is 12.6. The number of aromatic nitrogens is 2. The Morgan fingerprint density at radius 3 is 2.77 bits per heavy atom. The first-order valence-corrected chi connectivity index (χ1v) is 8.73. The number of fused-ring (bicyclic) bond motifs is 1. The Balaban J connectivity index is 1.59. The molecule has 1 saturated heterocycles. The maximum atomic E-state index is 12.6. The molecule has 0 aromatic carbocycles. The van der Waals surface area contributed by atoms with E-state index in [-0.39, 0.29) is 17.3 Å². The zero-order chi connectivity index (χ0) is 15.3. The third-order valence-corrected chi connectivity index (χ3v) is 6.02. The summed E-state index contributed by atoms with van der Waals surface area (Å²) >= 11 is 0. The van der Waals surface area contributed by atoms with Gasteiger partial charge in [0.25, 0.3) is 0 Å². The minimum absolute atomic E-state index is 0.0456. The topological polar surface area (TPSA) is 59.2 Å². The highest BCUT2D eigenvalue weighted by Gasteiger charge is 2.55. The lowest BCUT2D eigenvalue weighted by atomic mass is 9.80. The molecule has 0 spiro atoms. The van der Waals surface area contributed by atoms with Crippen molar-refractivity contribution >= 4 is 5.91 Å². The number of nitrogens with zero attached hydrogens (tertiary/aromatic N) is 3. The largest absolute Gasteiger partial charge is 0.341 e. The number of carbonyl (C=O) groups is 1. The van der Waals surface area contributed by atoms with Crippen molar-refractivity contribution < 1.29 is 9.32 Å². The molecule has 4 rings (SSSR count). The van der Waals surface area contributed by atoms with Crippen LogP contribution in [0.4, 0.5) is 0 Å². The van der Waals surface area contributed by atoms with E-state index in [1.165, 1.54) is 19.3 Å². The Kier molecular flexibility index (Phi) is 3.27. The van der Waals surface area contributed by atoms with Gasteiger partial charge < -0.3 is 9.42 Å². The lowest BCUT2D eigenvalue weighted by Gasteiger charge is -2.30. The van der Waals surface area contributed by atoms with E-state index in [2.05, 4.69) is 28.9 Å². The summed E-state index contributed by atoms with van der Waals surface area (Å²) in [5.41, 5.74) is -0.0456.